The standard InChI is InChI=1S/C11H11Cl2N3/c12-10-3-1-2-8(4-10)7-16-11(13)9(5-14)6-15-16/h1-4,6H,5,7,14H2. The molecule has 2 N–H and O–H groups in total. The van der Waals surface area contributed by atoms with Crippen molar-refractivity contribution in [2.45, 2.75) is 13.1 Å². The Bertz CT molecular complexity index is 494. The van der Waals surface area contributed by atoms with Gasteiger partial charge in [0.25, 0.3) is 0 Å². The fourth-order valence-electron chi connectivity index (χ4n) is 1.46. The number of hydrogen-bond donors (Lipinski definition) is 1. The Balaban J connectivity index is 2.24. The van der Waals surface area contributed by atoms with E-state index in [-0.39, 0.29) is 0 Å². The summed E-state index contributed by atoms with van der Waals surface area (Å²) in [5.74, 6) is 0. The van der Waals surface area contributed by atoms with Crippen LogP contribution >= 0.6 is 23.2 Å². The van der Waals surface area contributed by atoms with Gasteiger partial charge in [-0.15, -0.1) is 0 Å². The number of rotatable bonds is 3. The number of nitrogens with two attached hydrogens (primary N) is 1. The molecule has 0 amide bonds. The van der Waals surface area contributed by atoms with Crippen LogP contribution in [-0.4, -0.2) is 9.78 Å². The van der Waals surface area contributed by atoms with Gasteiger partial charge in [0.1, 0.15) is 5.15 Å². The lowest BCUT2D eigenvalue weighted by Gasteiger charge is -2.04. The van der Waals surface area contributed by atoms with Gasteiger partial charge in [0, 0.05) is 17.1 Å². The largest absolute Gasteiger partial charge is 0.326 e. The number of hydrogen-bond acceptors (Lipinski definition) is 2. The second-order valence-corrected chi connectivity index (χ2v) is 4.25. The van der Waals surface area contributed by atoms with Crippen LogP contribution in [0.4, 0.5) is 0 Å². The second kappa shape index (κ2) is 4.87. The molecule has 5 heteroatoms. The van der Waals surface area contributed by atoms with Gasteiger partial charge in [-0.05, 0) is 17.7 Å². The zero-order valence-corrected chi connectivity index (χ0v) is 10.0. The average Bonchev–Trinajstić information content (AvgIpc) is 2.60. The molecule has 84 valence electrons. The first kappa shape index (κ1) is 11.5. The SMILES string of the molecule is NCc1cnn(Cc2cccc(Cl)c2)c1Cl. The third-order valence-electron chi connectivity index (χ3n) is 2.29. The van der Waals surface area contributed by atoms with Gasteiger partial charge in [0.2, 0.25) is 0 Å². The van der Waals surface area contributed by atoms with E-state index in [1.807, 2.05) is 24.3 Å². The maximum atomic E-state index is 6.10. The summed E-state index contributed by atoms with van der Waals surface area (Å²) in [5.41, 5.74) is 7.43. The normalized spacial score (nSPS) is 10.7. The topological polar surface area (TPSA) is 43.8 Å². The Labute approximate surface area is 104 Å². The molecule has 0 saturated carbocycles. The van der Waals surface area contributed by atoms with Crippen LogP contribution in [0, 0.1) is 0 Å². The Morgan fingerprint density at radius 1 is 1.31 bits per heavy atom. The van der Waals surface area contributed by atoms with Gasteiger partial charge < -0.3 is 5.73 Å². The van der Waals surface area contributed by atoms with Crippen LogP contribution in [0.25, 0.3) is 0 Å². The van der Waals surface area contributed by atoms with E-state index in [1.54, 1.807) is 10.9 Å². The molecule has 0 fully saturated rings. The lowest BCUT2D eigenvalue weighted by molar-refractivity contribution is 0.687. The number of nitrogens with zero attached hydrogens (tertiary/aromatic N) is 2. The minimum Gasteiger partial charge on any atom is -0.326 e. The molecule has 0 unspecified atom stereocenters. The number of benzene rings is 1. The van der Waals surface area contributed by atoms with Gasteiger partial charge in [-0.1, -0.05) is 35.3 Å². The first-order valence-electron chi connectivity index (χ1n) is 4.85. The maximum Gasteiger partial charge on any atom is 0.131 e. The highest BCUT2D eigenvalue weighted by molar-refractivity contribution is 6.30. The van der Waals surface area contributed by atoms with Crippen molar-refractivity contribution in [3.8, 4) is 0 Å². The molecule has 0 atom stereocenters. The van der Waals surface area contributed by atoms with Crippen molar-refractivity contribution in [2.24, 2.45) is 5.73 Å². The van der Waals surface area contributed by atoms with Crippen LogP contribution in [0.2, 0.25) is 10.2 Å². The Morgan fingerprint density at radius 3 is 2.75 bits per heavy atom. The molecule has 0 aliphatic carbocycles. The third-order valence-corrected chi connectivity index (χ3v) is 2.96. The molecule has 0 radical (unpaired) electrons. The predicted octanol–water partition coefficient (Wildman–Crippen LogP) is 2.70. The zero-order chi connectivity index (χ0) is 11.5. The van der Waals surface area contributed by atoms with E-state index in [0.29, 0.717) is 23.3 Å². The molecule has 1 heterocycles. The summed E-state index contributed by atoms with van der Waals surface area (Å²) in [6.07, 6.45) is 1.69. The lowest BCUT2D eigenvalue weighted by Crippen LogP contribution is -2.02. The van der Waals surface area contributed by atoms with E-state index in [2.05, 4.69) is 5.10 Å². The van der Waals surface area contributed by atoms with Crippen molar-refractivity contribution < 1.29 is 0 Å². The minimum absolute atomic E-state index is 0.397. The van der Waals surface area contributed by atoms with Crippen molar-refractivity contribution in [1.29, 1.82) is 0 Å². The van der Waals surface area contributed by atoms with Crippen LogP contribution in [-0.2, 0) is 13.1 Å². The molecule has 0 aliphatic heterocycles. The van der Waals surface area contributed by atoms with Crippen LogP contribution in [0.5, 0.6) is 0 Å². The van der Waals surface area contributed by atoms with Gasteiger partial charge in [-0.3, -0.25) is 0 Å². The molecule has 2 rings (SSSR count). The zero-order valence-electron chi connectivity index (χ0n) is 8.53. The summed E-state index contributed by atoms with van der Waals surface area (Å²) in [6.45, 7) is 0.994. The van der Waals surface area contributed by atoms with Crippen molar-refractivity contribution in [3.63, 3.8) is 0 Å². The first-order valence-corrected chi connectivity index (χ1v) is 5.61. The first-order chi connectivity index (χ1) is 7.70. The molecule has 3 nitrogen and oxygen atoms in total. The van der Waals surface area contributed by atoms with E-state index < -0.39 is 0 Å². The molecule has 1 aromatic carbocycles. The fourth-order valence-corrected chi connectivity index (χ4v) is 1.91. The van der Waals surface area contributed by atoms with Gasteiger partial charge in [0.15, 0.2) is 0 Å². The summed E-state index contributed by atoms with van der Waals surface area (Å²) >= 11 is 12.0. The van der Waals surface area contributed by atoms with Crippen molar-refractivity contribution >= 4 is 23.2 Å². The van der Waals surface area contributed by atoms with E-state index in [9.17, 15) is 0 Å². The van der Waals surface area contributed by atoms with E-state index in [1.165, 1.54) is 0 Å². The van der Waals surface area contributed by atoms with Crippen molar-refractivity contribution in [3.05, 3.63) is 51.8 Å². The number of halogens is 2. The fraction of sp³-hybridized carbons (Fsp3) is 0.182. The predicted molar refractivity (Wildman–Crippen MR) is 65.7 cm³/mol. The Morgan fingerprint density at radius 2 is 2.12 bits per heavy atom. The van der Waals surface area contributed by atoms with E-state index in [4.69, 9.17) is 28.9 Å². The summed E-state index contributed by atoms with van der Waals surface area (Å²) in [4.78, 5) is 0. The molecule has 16 heavy (non-hydrogen) atoms. The molecule has 1 aromatic heterocycles. The molecule has 0 spiro atoms. The van der Waals surface area contributed by atoms with Gasteiger partial charge in [0.05, 0.1) is 12.7 Å². The average molecular weight is 256 g/mol. The Kier molecular flexibility index (Phi) is 3.49. The highest BCUT2D eigenvalue weighted by Crippen LogP contribution is 2.17. The molecule has 0 aliphatic rings. The molecule has 0 bridgehead atoms. The quantitative estimate of drug-likeness (QED) is 0.917. The molecule has 2 aromatic rings. The summed E-state index contributed by atoms with van der Waals surface area (Å²) in [7, 11) is 0. The smallest absolute Gasteiger partial charge is 0.131 e. The maximum absolute atomic E-state index is 6.10. The summed E-state index contributed by atoms with van der Waals surface area (Å²) < 4.78 is 1.70. The van der Waals surface area contributed by atoms with Crippen molar-refractivity contribution in [1.82, 2.24) is 9.78 Å². The van der Waals surface area contributed by atoms with Crippen LogP contribution in [0.3, 0.4) is 0 Å². The molecular formula is C11H11Cl2N3. The van der Waals surface area contributed by atoms with E-state index in [0.717, 1.165) is 11.1 Å². The monoisotopic (exact) mass is 255 g/mol. The third kappa shape index (κ3) is 2.38. The summed E-state index contributed by atoms with van der Waals surface area (Å²) in [6, 6.07) is 7.60. The highest BCUT2D eigenvalue weighted by Gasteiger charge is 2.07. The van der Waals surface area contributed by atoms with Gasteiger partial charge >= 0.3 is 0 Å². The van der Waals surface area contributed by atoms with Crippen LogP contribution < -0.4 is 5.73 Å². The molecular weight excluding hydrogens is 245 g/mol. The second-order valence-electron chi connectivity index (χ2n) is 3.45. The van der Waals surface area contributed by atoms with Gasteiger partial charge in [-0.25, -0.2) is 4.68 Å². The highest BCUT2D eigenvalue weighted by atomic mass is 35.5. The van der Waals surface area contributed by atoms with Crippen LogP contribution in [0.1, 0.15) is 11.1 Å². The summed E-state index contributed by atoms with van der Waals surface area (Å²) in [5, 5.41) is 5.47. The van der Waals surface area contributed by atoms with Crippen molar-refractivity contribution in [2.75, 3.05) is 0 Å². The van der Waals surface area contributed by atoms with Crippen LogP contribution in [0.15, 0.2) is 30.5 Å². The lowest BCUT2D eigenvalue weighted by atomic mass is 10.2. The minimum atomic E-state index is 0.397. The Hall–Kier alpha value is -1.03. The van der Waals surface area contributed by atoms with Gasteiger partial charge in [-0.2, -0.15) is 5.10 Å². The molecule has 0 saturated heterocycles. The van der Waals surface area contributed by atoms with E-state index >= 15 is 0 Å². The number of aromatic nitrogens is 2.